The van der Waals surface area contributed by atoms with Crippen LogP contribution in [-0.2, 0) is 22.4 Å². The average Bonchev–Trinajstić information content (AvgIpc) is 3.00. The average molecular weight is 429 g/mol. The molecule has 29 heavy (non-hydrogen) atoms. The second-order valence-electron chi connectivity index (χ2n) is 6.33. The number of aliphatic carboxylic acids is 2. The van der Waals surface area contributed by atoms with E-state index < -0.39 is 23.6 Å². The van der Waals surface area contributed by atoms with Crippen molar-refractivity contribution in [3.8, 4) is 5.75 Å². The van der Waals surface area contributed by atoms with Gasteiger partial charge >= 0.3 is 11.9 Å². The Kier molecular flexibility index (Phi) is 7.85. The van der Waals surface area contributed by atoms with Crippen molar-refractivity contribution in [1.82, 2.24) is 9.55 Å². The minimum Gasteiger partial charge on any atom is -0.488 e. The van der Waals surface area contributed by atoms with E-state index in [-0.39, 0.29) is 24.6 Å². The minimum absolute atomic E-state index is 0.0981. The number of nitrogens with two attached hydrogens (primary N) is 1. The molecule has 0 spiro atoms. The maximum atomic E-state index is 13.7. The molecule has 8 nitrogen and oxygen atoms in total. The third-order valence-electron chi connectivity index (χ3n) is 4.17. The molecule has 11 heteroatoms. The summed E-state index contributed by atoms with van der Waals surface area (Å²) in [6.45, 7) is 0.791. The number of rotatable bonds is 6. The summed E-state index contributed by atoms with van der Waals surface area (Å²) >= 11 is 5.28. The molecule has 0 saturated heterocycles. The molecule has 5 N–H and O–H groups in total. The number of carbonyl (C=O) groups is 2. The number of hydrogen-bond donors (Lipinski definition) is 4. The van der Waals surface area contributed by atoms with Crippen LogP contribution in [0.5, 0.6) is 5.75 Å². The minimum atomic E-state index is -1.08. The van der Waals surface area contributed by atoms with E-state index in [1.165, 1.54) is 6.07 Å². The molecule has 2 heterocycles. The smallest absolute Gasteiger partial charge is 0.303 e. The van der Waals surface area contributed by atoms with Crippen molar-refractivity contribution in [2.24, 2.45) is 5.73 Å². The fourth-order valence-electron chi connectivity index (χ4n) is 2.95. The highest BCUT2D eigenvalue weighted by Crippen LogP contribution is 2.33. The van der Waals surface area contributed by atoms with Gasteiger partial charge in [0.1, 0.15) is 12.4 Å². The van der Waals surface area contributed by atoms with E-state index in [4.69, 9.17) is 32.9 Å². The Morgan fingerprint density at radius 2 is 1.93 bits per heavy atom. The third-order valence-corrected chi connectivity index (χ3v) is 4.48. The van der Waals surface area contributed by atoms with Crippen molar-refractivity contribution in [2.45, 2.75) is 31.7 Å². The maximum absolute atomic E-state index is 13.7. The van der Waals surface area contributed by atoms with E-state index >= 15 is 0 Å². The van der Waals surface area contributed by atoms with E-state index in [1.54, 1.807) is 0 Å². The molecule has 1 aliphatic rings. The number of nitrogens with zero attached hydrogens (tertiary/aromatic N) is 1. The molecule has 0 saturated carbocycles. The molecule has 1 atom stereocenters. The number of ether oxygens (including phenoxy) is 1. The van der Waals surface area contributed by atoms with Crippen LogP contribution in [0.1, 0.15) is 30.1 Å². The highest BCUT2D eigenvalue weighted by molar-refractivity contribution is 7.71. The standard InChI is InChI=1S/C14H15F2N3OS.C4H6O4/c15-9-3-8-4-11(7-20-13(8)12(16)5-9)19-10(1-2-17)6-18-14(19)21;5-3(6)1-2-4(7)8/h3,5-6,11H,1-2,4,7,17H2,(H,18,21);1-2H2,(H,5,6)(H,7,8)/t11-;/m1./s1. The van der Waals surface area contributed by atoms with Gasteiger partial charge in [-0.05, 0) is 24.8 Å². The molecule has 3 rings (SSSR count). The zero-order valence-electron chi connectivity index (χ0n) is 15.4. The normalized spacial score (nSPS) is 14.9. The quantitative estimate of drug-likeness (QED) is 0.519. The van der Waals surface area contributed by atoms with Crippen LogP contribution in [0.2, 0.25) is 0 Å². The molecular formula is C18H21F2N3O5S. The molecule has 0 unspecified atom stereocenters. The van der Waals surface area contributed by atoms with Crippen LogP contribution in [0.15, 0.2) is 18.3 Å². The monoisotopic (exact) mass is 429 g/mol. The SMILES string of the molecule is NCCc1c[nH]c(=S)n1[C@H]1COc2c(F)cc(F)cc2C1.O=C(O)CCC(=O)O. The topological polar surface area (TPSA) is 131 Å². The van der Waals surface area contributed by atoms with Gasteiger partial charge in [-0.15, -0.1) is 0 Å². The third kappa shape index (κ3) is 6.09. The van der Waals surface area contributed by atoms with Gasteiger partial charge in [0.15, 0.2) is 16.3 Å². The fraction of sp³-hybridized carbons (Fsp3) is 0.389. The Morgan fingerprint density at radius 3 is 2.52 bits per heavy atom. The largest absolute Gasteiger partial charge is 0.488 e. The molecule has 1 aromatic carbocycles. The van der Waals surface area contributed by atoms with Crippen molar-refractivity contribution in [1.29, 1.82) is 0 Å². The van der Waals surface area contributed by atoms with Crippen LogP contribution in [0.4, 0.5) is 8.78 Å². The number of fused-ring (bicyclic) bond motifs is 1. The Hall–Kier alpha value is -2.79. The van der Waals surface area contributed by atoms with Crippen LogP contribution in [0, 0.1) is 16.4 Å². The van der Waals surface area contributed by atoms with Gasteiger partial charge in [-0.3, -0.25) is 9.59 Å². The van der Waals surface area contributed by atoms with Crippen molar-refractivity contribution in [3.05, 3.63) is 46.0 Å². The summed E-state index contributed by atoms with van der Waals surface area (Å²) in [5.41, 5.74) is 7.08. The van der Waals surface area contributed by atoms with Gasteiger partial charge in [0.05, 0.1) is 18.9 Å². The number of hydrogen-bond acceptors (Lipinski definition) is 5. The number of imidazole rings is 1. The predicted octanol–water partition coefficient (Wildman–Crippen LogP) is 2.44. The van der Waals surface area contributed by atoms with Crippen LogP contribution in [-0.4, -0.2) is 44.9 Å². The number of halogens is 2. The van der Waals surface area contributed by atoms with Gasteiger partial charge in [0, 0.05) is 36.4 Å². The van der Waals surface area contributed by atoms with Gasteiger partial charge in [-0.2, -0.15) is 0 Å². The van der Waals surface area contributed by atoms with E-state index in [9.17, 15) is 18.4 Å². The Bertz CT molecular complexity index is 930. The number of carboxylic acid groups (broad SMARTS) is 2. The molecule has 0 amide bonds. The van der Waals surface area contributed by atoms with Gasteiger partial charge in [0.25, 0.3) is 0 Å². The summed E-state index contributed by atoms with van der Waals surface area (Å²) in [5, 5.41) is 15.8. The highest BCUT2D eigenvalue weighted by atomic mass is 32.1. The summed E-state index contributed by atoms with van der Waals surface area (Å²) in [6, 6.07) is 2.05. The van der Waals surface area contributed by atoms with E-state index in [1.807, 2.05) is 10.8 Å². The highest BCUT2D eigenvalue weighted by Gasteiger charge is 2.26. The van der Waals surface area contributed by atoms with E-state index in [2.05, 4.69) is 4.98 Å². The summed E-state index contributed by atoms with van der Waals surface area (Å²) in [6.07, 6.45) is 2.36. The zero-order chi connectivity index (χ0) is 21.6. The second-order valence-corrected chi connectivity index (χ2v) is 6.71. The first-order valence-electron chi connectivity index (χ1n) is 8.76. The van der Waals surface area contributed by atoms with E-state index in [0.29, 0.717) is 36.3 Å². The molecule has 1 aromatic heterocycles. The first-order chi connectivity index (χ1) is 13.7. The lowest BCUT2D eigenvalue weighted by atomic mass is 10.0. The Balaban J connectivity index is 0.000000321. The van der Waals surface area contributed by atoms with Crippen LogP contribution in [0.3, 0.4) is 0 Å². The molecular weight excluding hydrogens is 408 g/mol. The molecule has 2 aromatic rings. The number of carboxylic acids is 2. The zero-order valence-corrected chi connectivity index (χ0v) is 16.2. The van der Waals surface area contributed by atoms with Crippen molar-refractivity contribution in [2.75, 3.05) is 13.2 Å². The summed E-state index contributed by atoms with van der Waals surface area (Å²) in [4.78, 5) is 22.3. The number of aromatic nitrogens is 2. The summed E-state index contributed by atoms with van der Waals surface area (Å²) in [7, 11) is 0. The Morgan fingerprint density at radius 1 is 1.28 bits per heavy atom. The van der Waals surface area contributed by atoms with Crippen LogP contribution in [0.25, 0.3) is 0 Å². The number of aromatic amines is 1. The summed E-state index contributed by atoms with van der Waals surface area (Å²) in [5.74, 6) is -3.28. The van der Waals surface area contributed by atoms with Gasteiger partial charge in [-0.1, -0.05) is 0 Å². The molecule has 0 radical (unpaired) electrons. The number of benzene rings is 1. The fourth-order valence-corrected chi connectivity index (χ4v) is 3.28. The van der Waals surface area contributed by atoms with E-state index in [0.717, 1.165) is 11.8 Å². The molecule has 0 aliphatic carbocycles. The lowest BCUT2D eigenvalue weighted by Gasteiger charge is -2.27. The molecule has 0 bridgehead atoms. The molecule has 158 valence electrons. The van der Waals surface area contributed by atoms with Gasteiger partial charge < -0.3 is 30.2 Å². The first kappa shape index (κ1) is 22.5. The lowest BCUT2D eigenvalue weighted by molar-refractivity contribution is -0.143. The van der Waals surface area contributed by atoms with Gasteiger partial charge in [0.2, 0.25) is 0 Å². The second kappa shape index (κ2) is 10.1. The Labute approximate surface area is 169 Å². The lowest BCUT2D eigenvalue weighted by Crippen LogP contribution is -2.27. The number of H-pyrrole nitrogens is 1. The maximum Gasteiger partial charge on any atom is 0.303 e. The van der Waals surface area contributed by atoms with Gasteiger partial charge in [-0.25, -0.2) is 8.78 Å². The number of nitrogens with one attached hydrogen (secondary N) is 1. The molecule has 0 fully saturated rings. The van der Waals surface area contributed by atoms with Crippen LogP contribution >= 0.6 is 12.2 Å². The van der Waals surface area contributed by atoms with Crippen molar-refractivity contribution < 1.29 is 33.3 Å². The van der Waals surface area contributed by atoms with Crippen LogP contribution < -0.4 is 10.5 Å². The van der Waals surface area contributed by atoms with Crippen molar-refractivity contribution in [3.63, 3.8) is 0 Å². The summed E-state index contributed by atoms with van der Waals surface area (Å²) < 4.78 is 35.0. The first-order valence-corrected chi connectivity index (χ1v) is 9.17. The predicted molar refractivity (Wildman–Crippen MR) is 101 cm³/mol. The molecule has 1 aliphatic heterocycles. The van der Waals surface area contributed by atoms with Crippen molar-refractivity contribution >= 4 is 24.2 Å².